The van der Waals surface area contributed by atoms with E-state index < -0.39 is 23.9 Å². The van der Waals surface area contributed by atoms with Crippen molar-refractivity contribution in [3.8, 4) is 0 Å². The Morgan fingerprint density at radius 3 is 2.52 bits per heavy atom. The molecular weight excluding hydrogens is 342 g/mol. The van der Waals surface area contributed by atoms with E-state index in [0.717, 1.165) is 10.0 Å². The summed E-state index contributed by atoms with van der Waals surface area (Å²) in [5.41, 5.74) is 6.42. The molecule has 1 rings (SSSR count). The van der Waals surface area contributed by atoms with Gasteiger partial charge in [-0.1, -0.05) is 15.9 Å². The van der Waals surface area contributed by atoms with E-state index in [2.05, 4.69) is 26.6 Å². The lowest BCUT2D eigenvalue weighted by atomic mass is 10.1. The second-order valence-corrected chi connectivity index (χ2v) is 5.43. The molecule has 0 aliphatic carbocycles. The number of carbonyl (C=O) groups is 3. The number of urea groups is 1. The van der Waals surface area contributed by atoms with Gasteiger partial charge in [-0.3, -0.25) is 4.79 Å². The molecule has 8 heteroatoms. The van der Waals surface area contributed by atoms with Crippen molar-refractivity contribution in [3.05, 3.63) is 28.2 Å². The van der Waals surface area contributed by atoms with Gasteiger partial charge in [0.2, 0.25) is 5.91 Å². The summed E-state index contributed by atoms with van der Waals surface area (Å²) in [4.78, 5) is 33.5. The van der Waals surface area contributed by atoms with Crippen LogP contribution in [0.1, 0.15) is 18.4 Å². The number of aryl methyl sites for hydroxylation is 1. The van der Waals surface area contributed by atoms with Crippen LogP contribution >= 0.6 is 15.9 Å². The number of carbonyl (C=O) groups excluding carboxylic acids is 2. The fourth-order valence-electron chi connectivity index (χ4n) is 1.68. The molecule has 0 aliphatic rings. The monoisotopic (exact) mass is 357 g/mol. The number of carboxylic acid groups (broad SMARTS) is 1. The summed E-state index contributed by atoms with van der Waals surface area (Å²) >= 11 is 3.30. The first-order valence-electron chi connectivity index (χ1n) is 6.13. The minimum absolute atomic E-state index is 0.0599. The van der Waals surface area contributed by atoms with Crippen molar-refractivity contribution in [3.63, 3.8) is 0 Å². The van der Waals surface area contributed by atoms with E-state index in [1.54, 1.807) is 12.1 Å². The first kappa shape index (κ1) is 17.0. The smallest absolute Gasteiger partial charge is 0.326 e. The van der Waals surface area contributed by atoms with Gasteiger partial charge in [0.15, 0.2) is 0 Å². The number of hydrogen-bond donors (Lipinski definition) is 4. The summed E-state index contributed by atoms with van der Waals surface area (Å²) in [5.74, 6) is -1.84. The van der Waals surface area contributed by atoms with Crippen LogP contribution in [0.25, 0.3) is 0 Å². The molecule has 1 aromatic rings. The number of carboxylic acids is 1. The summed E-state index contributed by atoms with van der Waals surface area (Å²) in [6.07, 6.45) is -0.178. The van der Waals surface area contributed by atoms with Crippen molar-refractivity contribution in [2.24, 2.45) is 5.73 Å². The topological polar surface area (TPSA) is 122 Å². The fraction of sp³-hybridized carbons (Fsp3) is 0.308. The highest BCUT2D eigenvalue weighted by atomic mass is 79.9. The second-order valence-electron chi connectivity index (χ2n) is 4.51. The van der Waals surface area contributed by atoms with Crippen molar-refractivity contribution in [1.29, 1.82) is 0 Å². The van der Waals surface area contributed by atoms with Crippen LogP contribution in [0.3, 0.4) is 0 Å². The maximum atomic E-state index is 11.8. The molecule has 0 radical (unpaired) electrons. The van der Waals surface area contributed by atoms with Crippen LogP contribution < -0.4 is 16.4 Å². The maximum absolute atomic E-state index is 11.8. The molecule has 0 aromatic heterocycles. The Balaban J connectivity index is 2.65. The second kappa shape index (κ2) is 7.63. The van der Waals surface area contributed by atoms with Gasteiger partial charge in [-0.15, -0.1) is 0 Å². The number of rotatable bonds is 6. The number of nitrogens with one attached hydrogen (secondary N) is 2. The molecule has 1 atom stereocenters. The Morgan fingerprint density at radius 2 is 2.00 bits per heavy atom. The molecule has 0 bridgehead atoms. The van der Waals surface area contributed by atoms with Crippen molar-refractivity contribution >= 4 is 39.5 Å². The third-order valence-electron chi connectivity index (χ3n) is 2.58. The van der Waals surface area contributed by atoms with Gasteiger partial charge in [0.05, 0.1) is 0 Å². The minimum atomic E-state index is -1.23. The molecule has 1 aromatic carbocycles. The predicted molar refractivity (Wildman–Crippen MR) is 80.9 cm³/mol. The van der Waals surface area contributed by atoms with Crippen molar-refractivity contribution in [2.75, 3.05) is 5.32 Å². The highest BCUT2D eigenvalue weighted by molar-refractivity contribution is 9.10. The number of halogens is 1. The van der Waals surface area contributed by atoms with Crippen LogP contribution in [0.2, 0.25) is 0 Å². The summed E-state index contributed by atoms with van der Waals surface area (Å²) < 4.78 is 0.793. The first-order chi connectivity index (χ1) is 9.77. The molecular formula is C13H16BrN3O4. The van der Waals surface area contributed by atoms with Gasteiger partial charge in [0, 0.05) is 16.6 Å². The summed E-state index contributed by atoms with van der Waals surface area (Å²) in [7, 11) is 0. The zero-order valence-corrected chi connectivity index (χ0v) is 12.9. The summed E-state index contributed by atoms with van der Waals surface area (Å²) in [6.45, 7) is 1.86. The Morgan fingerprint density at radius 1 is 1.33 bits per heavy atom. The van der Waals surface area contributed by atoms with Gasteiger partial charge in [0.1, 0.15) is 6.04 Å². The van der Waals surface area contributed by atoms with Crippen LogP contribution in [-0.2, 0) is 9.59 Å². The number of aliphatic carboxylic acids is 1. The van der Waals surface area contributed by atoms with Crippen LogP contribution in [-0.4, -0.2) is 29.1 Å². The number of benzene rings is 1. The zero-order valence-electron chi connectivity index (χ0n) is 11.4. The van der Waals surface area contributed by atoms with Crippen LogP contribution in [0.5, 0.6) is 0 Å². The molecule has 0 unspecified atom stereocenters. The van der Waals surface area contributed by atoms with Gasteiger partial charge >= 0.3 is 12.0 Å². The molecule has 21 heavy (non-hydrogen) atoms. The molecule has 7 nitrogen and oxygen atoms in total. The lowest BCUT2D eigenvalue weighted by Crippen LogP contribution is -2.43. The first-order valence-corrected chi connectivity index (χ1v) is 6.93. The summed E-state index contributed by atoms with van der Waals surface area (Å²) in [6, 6.07) is 3.46. The average Bonchev–Trinajstić information content (AvgIpc) is 2.32. The molecule has 0 spiro atoms. The van der Waals surface area contributed by atoms with Crippen LogP contribution in [0.4, 0.5) is 10.5 Å². The third kappa shape index (κ3) is 6.26. The Labute approximate surface area is 130 Å². The van der Waals surface area contributed by atoms with Crippen molar-refractivity contribution < 1.29 is 19.5 Å². The lowest BCUT2D eigenvalue weighted by Gasteiger charge is -2.14. The Hall–Kier alpha value is -2.09. The zero-order chi connectivity index (χ0) is 16.0. The van der Waals surface area contributed by atoms with Gasteiger partial charge in [-0.05, 0) is 37.1 Å². The van der Waals surface area contributed by atoms with Crippen molar-refractivity contribution in [1.82, 2.24) is 5.32 Å². The predicted octanol–water partition coefficient (Wildman–Crippen LogP) is 1.60. The van der Waals surface area contributed by atoms with Gasteiger partial charge in [-0.2, -0.15) is 0 Å². The van der Waals surface area contributed by atoms with E-state index in [9.17, 15) is 14.4 Å². The fourth-order valence-corrected chi connectivity index (χ4v) is 2.29. The SMILES string of the molecule is Cc1cc(Br)cc(NC(=O)N[C@@H](CCC(N)=O)C(=O)O)c1. The normalized spacial score (nSPS) is 11.5. The van der Waals surface area contributed by atoms with Crippen LogP contribution in [0, 0.1) is 6.92 Å². The van der Waals surface area contributed by atoms with E-state index >= 15 is 0 Å². The van der Waals surface area contributed by atoms with Crippen LogP contribution in [0.15, 0.2) is 22.7 Å². The minimum Gasteiger partial charge on any atom is -0.480 e. The number of amides is 3. The number of nitrogens with two attached hydrogens (primary N) is 1. The van der Waals surface area contributed by atoms with Gasteiger partial charge in [0.25, 0.3) is 0 Å². The lowest BCUT2D eigenvalue weighted by molar-refractivity contribution is -0.139. The van der Waals surface area contributed by atoms with E-state index in [1.807, 2.05) is 13.0 Å². The maximum Gasteiger partial charge on any atom is 0.326 e. The highest BCUT2D eigenvalue weighted by Gasteiger charge is 2.20. The molecule has 0 fully saturated rings. The van der Waals surface area contributed by atoms with Crippen molar-refractivity contribution in [2.45, 2.75) is 25.8 Å². The molecule has 0 heterocycles. The molecule has 5 N–H and O–H groups in total. The number of primary amides is 1. The van der Waals surface area contributed by atoms with Gasteiger partial charge in [-0.25, -0.2) is 9.59 Å². The highest BCUT2D eigenvalue weighted by Crippen LogP contribution is 2.18. The largest absolute Gasteiger partial charge is 0.480 e. The van der Waals surface area contributed by atoms with E-state index in [0.29, 0.717) is 5.69 Å². The standard InChI is InChI=1S/C13H16BrN3O4/c1-7-4-8(14)6-9(5-7)16-13(21)17-10(12(19)20)2-3-11(15)18/h4-6,10H,2-3H2,1H3,(H2,15,18)(H,19,20)(H2,16,17,21)/t10-/m0/s1. The average molecular weight is 358 g/mol. The number of hydrogen-bond acceptors (Lipinski definition) is 3. The number of anilines is 1. The van der Waals surface area contributed by atoms with E-state index in [-0.39, 0.29) is 12.8 Å². The molecule has 0 saturated carbocycles. The molecule has 114 valence electrons. The Bertz CT molecular complexity index is 542. The molecule has 3 amide bonds. The molecule has 0 aliphatic heterocycles. The summed E-state index contributed by atoms with van der Waals surface area (Å²) in [5, 5.41) is 13.8. The quantitative estimate of drug-likeness (QED) is 0.617. The third-order valence-corrected chi connectivity index (χ3v) is 3.04. The van der Waals surface area contributed by atoms with Gasteiger partial charge < -0.3 is 21.5 Å². The molecule has 0 saturated heterocycles. The Kier molecular flexibility index (Phi) is 6.16. The van der Waals surface area contributed by atoms with E-state index in [4.69, 9.17) is 10.8 Å². The van der Waals surface area contributed by atoms with E-state index in [1.165, 1.54) is 0 Å².